The second-order valence-corrected chi connectivity index (χ2v) is 2.67. The maximum Gasteiger partial charge on any atom is 0.106 e. The monoisotopic (exact) mass is 159 g/mol. The second kappa shape index (κ2) is 5.23. The van der Waals surface area contributed by atoms with E-state index in [4.69, 9.17) is 16.2 Å². The number of rotatable bonds is 6. The molecule has 0 aliphatic heterocycles. The van der Waals surface area contributed by atoms with Crippen molar-refractivity contribution in [3.05, 3.63) is 0 Å². The first-order valence-corrected chi connectivity index (χ1v) is 3.67. The summed E-state index contributed by atoms with van der Waals surface area (Å²) >= 11 is 0. The van der Waals surface area contributed by atoms with Crippen molar-refractivity contribution in [2.24, 2.45) is 16.5 Å². The van der Waals surface area contributed by atoms with Crippen LogP contribution in [0.2, 0.25) is 0 Å². The van der Waals surface area contributed by atoms with E-state index in [9.17, 15) is 0 Å². The average molecular weight is 159 g/mol. The molecule has 1 unspecified atom stereocenters. The van der Waals surface area contributed by atoms with Crippen LogP contribution in [0, 0.1) is 0 Å². The number of nitrogens with zero attached hydrogens (tertiary/aromatic N) is 1. The normalized spacial score (nSPS) is 15.9. The van der Waals surface area contributed by atoms with Crippen molar-refractivity contribution in [1.82, 2.24) is 0 Å². The summed E-state index contributed by atoms with van der Waals surface area (Å²) in [5.74, 6) is 0. The van der Waals surface area contributed by atoms with Crippen LogP contribution < -0.4 is 11.5 Å². The van der Waals surface area contributed by atoms with Crippen LogP contribution >= 0.6 is 0 Å². The zero-order chi connectivity index (χ0) is 8.74. The fraction of sp³-hybridized carbons (Fsp3) is 0.857. The van der Waals surface area contributed by atoms with Crippen LogP contribution in [0.1, 0.15) is 13.3 Å². The molecule has 0 saturated carbocycles. The highest BCUT2D eigenvalue weighted by Crippen LogP contribution is 2.05. The smallest absolute Gasteiger partial charge is 0.106 e. The van der Waals surface area contributed by atoms with Gasteiger partial charge in [0.2, 0.25) is 0 Å². The SMILES string of the molecule is C=NC(C)(N)CCOCCN. The van der Waals surface area contributed by atoms with E-state index < -0.39 is 5.66 Å². The summed E-state index contributed by atoms with van der Waals surface area (Å²) in [6, 6.07) is 0. The standard InChI is InChI=1S/C7H17N3O/c1-7(9,10-2)3-5-11-6-4-8/h2-6,8-9H2,1H3. The molecule has 66 valence electrons. The molecule has 4 nitrogen and oxygen atoms in total. The molecule has 0 aliphatic carbocycles. The minimum absolute atomic E-state index is 0.544. The average Bonchev–Trinajstić information content (AvgIpc) is 1.99. The van der Waals surface area contributed by atoms with Crippen molar-refractivity contribution in [3.63, 3.8) is 0 Å². The molecule has 11 heavy (non-hydrogen) atoms. The Morgan fingerprint density at radius 3 is 2.64 bits per heavy atom. The molecule has 0 fully saturated rings. The van der Waals surface area contributed by atoms with Crippen LogP contribution in [0.15, 0.2) is 4.99 Å². The number of ether oxygens (including phenoxy) is 1. The lowest BCUT2D eigenvalue weighted by molar-refractivity contribution is 0.124. The van der Waals surface area contributed by atoms with Crippen LogP contribution in [0.25, 0.3) is 0 Å². The van der Waals surface area contributed by atoms with E-state index in [0.29, 0.717) is 26.2 Å². The van der Waals surface area contributed by atoms with Gasteiger partial charge in [0, 0.05) is 13.0 Å². The van der Waals surface area contributed by atoms with Crippen LogP contribution in [-0.2, 0) is 4.74 Å². The lowest BCUT2D eigenvalue weighted by atomic mass is 10.1. The van der Waals surface area contributed by atoms with Gasteiger partial charge in [0.25, 0.3) is 0 Å². The first kappa shape index (κ1) is 10.6. The number of hydrogen-bond donors (Lipinski definition) is 2. The molecule has 0 radical (unpaired) electrons. The van der Waals surface area contributed by atoms with E-state index in [1.165, 1.54) is 0 Å². The summed E-state index contributed by atoms with van der Waals surface area (Å²) < 4.78 is 5.13. The Morgan fingerprint density at radius 1 is 1.55 bits per heavy atom. The third-order valence-electron chi connectivity index (χ3n) is 1.38. The highest BCUT2D eigenvalue weighted by molar-refractivity contribution is 5.25. The zero-order valence-corrected chi connectivity index (χ0v) is 7.05. The Morgan fingerprint density at radius 2 is 2.18 bits per heavy atom. The highest BCUT2D eigenvalue weighted by atomic mass is 16.5. The van der Waals surface area contributed by atoms with Gasteiger partial charge in [0.1, 0.15) is 5.66 Å². The van der Waals surface area contributed by atoms with Gasteiger partial charge in [-0.25, -0.2) is 0 Å². The summed E-state index contributed by atoms with van der Waals surface area (Å²) in [5.41, 5.74) is 10.3. The Hall–Kier alpha value is -0.450. The van der Waals surface area contributed by atoms with Crippen molar-refractivity contribution in [2.45, 2.75) is 19.0 Å². The molecule has 0 rings (SSSR count). The topological polar surface area (TPSA) is 73.6 Å². The Labute approximate surface area is 67.6 Å². The van der Waals surface area contributed by atoms with Crippen LogP contribution in [0.4, 0.5) is 0 Å². The molecule has 0 aromatic heterocycles. The van der Waals surface area contributed by atoms with E-state index >= 15 is 0 Å². The molecule has 1 atom stereocenters. The molecule has 0 aromatic rings. The first-order valence-electron chi connectivity index (χ1n) is 3.67. The van der Waals surface area contributed by atoms with Gasteiger partial charge in [-0.05, 0) is 13.6 Å². The number of aliphatic imine (C=N–C) groups is 1. The maximum atomic E-state index is 5.66. The summed E-state index contributed by atoms with van der Waals surface area (Å²) in [7, 11) is 0. The molecule has 4 N–H and O–H groups in total. The van der Waals surface area contributed by atoms with Gasteiger partial charge in [0.05, 0.1) is 13.2 Å². The van der Waals surface area contributed by atoms with Crippen molar-refractivity contribution in [2.75, 3.05) is 19.8 Å². The van der Waals surface area contributed by atoms with Crippen molar-refractivity contribution < 1.29 is 4.74 Å². The molecule has 0 bridgehead atoms. The summed E-state index contributed by atoms with van der Waals surface area (Å²) in [6.45, 7) is 6.89. The van der Waals surface area contributed by atoms with Crippen molar-refractivity contribution in [3.8, 4) is 0 Å². The van der Waals surface area contributed by atoms with Gasteiger partial charge in [-0.3, -0.25) is 4.99 Å². The third kappa shape index (κ3) is 5.97. The molecular weight excluding hydrogens is 142 g/mol. The lowest BCUT2D eigenvalue weighted by Gasteiger charge is -2.18. The van der Waals surface area contributed by atoms with Gasteiger partial charge < -0.3 is 16.2 Å². The highest BCUT2D eigenvalue weighted by Gasteiger charge is 2.13. The molecule has 0 aromatic carbocycles. The third-order valence-corrected chi connectivity index (χ3v) is 1.38. The molecular formula is C7H17N3O. The minimum atomic E-state index is -0.561. The van der Waals surface area contributed by atoms with Crippen molar-refractivity contribution in [1.29, 1.82) is 0 Å². The molecule has 4 heteroatoms. The molecule has 0 aliphatic rings. The predicted molar refractivity (Wildman–Crippen MR) is 46.6 cm³/mol. The van der Waals surface area contributed by atoms with E-state index in [1.54, 1.807) is 0 Å². The zero-order valence-electron chi connectivity index (χ0n) is 7.05. The molecule has 0 amide bonds. The van der Waals surface area contributed by atoms with E-state index in [-0.39, 0.29) is 0 Å². The Balaban J connectivity index is 3.30. The summed E-state index contributed by atoms with van der Waals surface area (Å²) in [5, 5.41) is 0. The fourth-order valence-corrected chi connectivity index (χ4v) is 0.543. The van der Waals surface area contributed by atoms with Gasteiger partial charge in [-0.15, -0.1) is 0 Å². The number of hydrogen-bond acceptors (Lipinski definition) is 4. The number of nitrogens with two attached hydrogens (primary N) is 2. The predicted octanol–water partition coefficient (Wildman–Crippen LogP) is -0.273. The first-order chi connectivity index (χ1) is 5.12. The second-order valence-electron chi connectivity index (χ2n) is 2.67. The molecule has 0 spiro atoms. The molecule has 0 heterocycles. The van der Waals surface area contributed by atoms with Crippen LogP contribution in [0.3, 0.4) is 0 Å². The van der Waals surface area contributed by atoms with Gasteiger partial charge >= 0.3 is 0 Å². The Bertz CT molecular complexity index is 114. The summed E-state index contributed by atoms with van der Waals surface area (Å²) in [4.78, 5) is 3.73. The van der Waals surface area contributed by atoms with Crippen LogP contribution in [-0.4, -0.2) is 32.1 Å². The quantitative estimate of drug-likeness (QED) is 0.414. The summed E-state index contributed by atoms with van der Waals surface area (Å²) in [6.07, 6.45) is 0.677. The van der Waals surface area contributed by atoms with E-state index in [1.807, 2.05) is 6.92 Å². The van der Waals surface area contributed by atoms with E-state index in [2.05, 4.69) is 11.7 Å². The van der Waals surface area contributed by atoms with Gasteiger partial charge in [0.15, 0.2) is 0 Å². The maximum absolute atomic E-state index is 5.66. The lowest BCUT2D eigenvalue weighted by Crippen LogP contribution is -2.34. The van der Waals surface area contributed by atoms with Gasteiger partial charge in [-0.2, -0.15) is 0 Å². The minimum Gasteiger partial charge on any atom is -0.380 e. The largest absolute Gasteiger partial charge is 0.380 e. The molecule has 0 saturated heterocycles. The van der Waals surface area contributed by atoms with Gasteiger partial charge in [-0.1, -0.05) is 0 Å². The van der Waals surface area contributed by atoms with E-state index in [0.717, 1.165) is 0 Å². The fourth-order valence-electron chi connectivity index (χ4n) is 0.543. The Kier molecular flexibility index (Phi) is 5.02. The van der Waals surface area contributed by atoms with Crippen molar-refractivity contribution >= 4 is 6.72 Å². The van der Waals surface area contributed by atoms with Crippen LogP contribution in [0.5, 0.6) is 0 Å².